The van der Waals surface area contributed by atoms with Gasteiger partial charge in [0.2, 0.25) is 0 Å². The Kier molecular flexibility index (Phi) is 2.31. The molecule has 0 radical (unpaired) electrons. The number of hydrogen-bond acceptors (Lipinski definition) is 3. The van der Waals surface area contributed by atoms with Crippen LogP contribution in [0, 0.1) is 0 Å². The molecule has 2 heterocycles. The molecule has 1 fully saturated rings. The highest BCUT2D eigenvalue weighted by atomic mass is 16.1. The second kappa shape index (κ2) is 3.95. The number of fused-ring (bicyclic) bond motifs is 2. The van der Waals surface area contributed by atoms with E-state index >= 15 is 0 Å². The Labute approximate surface area is 117 Å². The molecule has 4 nitrogen and oxygen atoms in total. The zero-order chi connectivity index (χ0) is 13.9. The van der Waals surface area contributed by atoms with Crippen molar-refractivity contribution in [3.63, 3.8) is 0 Å². The topological polar surface area (TPSA) is 37.9 Å². The van der Waals surface area contributed by atoms with Gasteiger partial charge in [-0.3, -0.25) is 9.80 Å². The van der Waals surface area contributed by atoms with Crippen molar-refractivity contribution in [2.24, 2.45) is 0 Å². The molecule has 102 valence electrons. The van der Waals surface area contributed by atoms with Gasteiger partial charge in [-0.15, -0.1) is 0 Å². The fraction of sp³-hybridized carbons (Fsp3) is 0.375. The highest BCUT2D eigenvalue weighted by molar-refractivity contribution is 5.77. The maximum absolute atomic E-state index is 12.8. The molecule has 2 aromatic rings. The Morgan fingerprint density at radius 2 is 2.10 bits per heavy atom. The first-order valence-corrected chi connectivity index (χ1v) is 7.15. The Morgan fingerprint density at radius 1 is 1.30 bits per heavy atom. The average molecular weight is 267 g/mol. The molecule has 4 rings (SSSR count). The largest absolute Gasteiger partial charge is 0.294 e. The van der Waals surface area contributed by atoms with E-state index in [0.717, 1.165) is 17.8 Å². The molecule has 2 aliphatic rings. The van der Waals surface area contributed by atoms with Crippen LogP contribution in [0.5, 0.6) is 0 Å². The maximum Gasteiger partial charge on any atom is 0.280 e. The Balaban J connectivity index is 1.98. The summed E-state index contributed by atoms with van der Waals surface area (Å²) in [6.45, 7) is 4.17. The molecule has 0 amide bonds. The molecule has 2 unspecified atom stereocenters. The summed E-state index contributed by atoms with van der Waals surface area (Å²) in [4.78, 5) is 17.5. The molecule has 0 saturated carbocycles. The van der Waals surface area contributed by atoms with E-state index in [9.17, 15) is 4.79 Å². The molecule has 1 aliphatic heterocycles. The van der Waals surface area contributed by atoms with Gasteiger partial charge in [-0.05, 0) is 18.6 Å². The van der Waals surface area contributed by atoms with Crippen LogP contribution in [0.25, 0.3) is 10.9 Å². The number of aromatic nitrogens is 2. The standard InChI is InChI=1S/C16H17N3O/c1-10(2)15-17-12-7-4-3-6-11(12)16(20)19(15)18-13-8-5-9-14(13)18/h3-8,10,13-14H,9H2,1-2H3. The van der Waals surface area contributed by atoms with Gasteiger partial charge in [0, 0.05) is 5.92 Å². The summed E-state index contributed by atoms with van der Waals surface area (Å²) in [5.41, 5.74) is 0.849. The molecule has 2 atom stereocenters. The first-order chi connectivity index (χ1) is 9.68. The normalized spacial score (nSPS) is 23.6. The van der Waals surface area contributed by atoms with E-state index in [-0.39, 0.29) is 11.5 Å². The van der Waals surface area contributed by atoms with Crippen molar-refractivity contribution in [3.8, 4) is 0 Å². The number of hydrogen-bond donors (Lipinski definition) is 0. The highest BCUT2D eigenvalue weighted by Gasteiger charge is 2.50. The summed E-state index contributed by atoms with van der Waals surface area (Å²) in [6, 6.07) is 8.43. The Morgan fingerprint density at radius 3 is 2.80 bits per heavy atom. The van der Waals surface area contributed by atoms with Crippen LogP contribution < -0.4 is 10.6 Å². The van der Waals surface area contributed by atoms with Crippen LogP contribution in [-0.4, -0.2) is 21.7 Å². The fourth-order valence-electron chi connectivity index (χ4n) is 3.13. The van der Waals surface area contributed by atoms with Crippen molar-refractivity contribution in [2.75, 3.05) is 5.01 Å². The van der Waals surface area contributed by atoms with E-state index in [0.29, 0.717) is 17.5 Å². The lowest BCUT2D eigenvalue weighted by atomic mass is 10.2. The molecule has 0 bridgehead atoms. The Bertz CT molecular complexity index is 775. The van der Waals surface area contributed by atoms with Crippen LogP contribution in [-0.2, 0) is 0 Å². The van der Waals surface area contributed by atoms with Gasteiger partial charge in [0.1, 0.15) is 5.82 Å². The van der Waals surface area contributed by atoms with E-state index in [4.69, 9.17) is 4.98 Å². The molecule has 1 saturated heterocycles. The summed E-state index contributed by atoms with van der Waals surface area (Å²) in [5, 5.41) is 2.86. The monoisotopic (exact) mass is 267 g/mol. The van der Waals surface area contributed by atoms with Crippen LogP contribution in [0.15, 0.2) is 41.2 Å². The minimum Gasteiger partial charge on any atom is -0.294 e. The van der Waals surface area contributed by atoms with Crippen molar-refractivity contribution in [1.29, 1.82) is 0 Å². The molecule has 1 aliphatic carbocycles. The first kappa shape index (κ1) is 11.7. The van der Waals surface area contributed by atoms with E-state index in [1.807, 2.05) is 28.9 Å². The molecular weight excluding hydrogens is 250 g/mol. The number of para-hydroxylation sites is 1. The maximum atomic E-state index is 12.8. The minimum absolute atomic E-state index is 0.0575. The third kappa shape index (κ3) is 1.48. The highest BCUT2D eigenvalue weighted by Crippen LogP contribution is 2.36. The van der Waals surface area contributed by atoms with Crippen LogP contribution in [0.3, 0.4) is 0 Å². The predicted octanol–water partition coefficient (Wildman–Crippen LogP) is 2.17. The van der Waals surface area contributed by atoms with E-state index < -0.39 is 0 Å². The molecule has 4 heteroatoms. The quantitative estimate of drug-likeness (QED) is 0.618. The Hall–Kier alpha value is -2.10. The van der Waals surface area contributed by atoms with Gasteiger partial charge < -0.3 is 0 Å². The number of benzene rings is 1. The molecule has 1 aromatic heterocycles. The summed E-state index contributed by atoms with van der Waals surface area (Å²) in [5.74, 6) is 1.08. The third-order valence-electron chi connectivity index (χ3n) is 4.19. The molecule has 0 N–H and O–H groups in total. The summed E-state index contributed by atoms with van der Waals surface area (Å²) in [7, 11) is 0. The SMILES string of the molecule is CC(C)c1nc2ccccc2c(=O)n1N1C2C=CCC21. The second-order valence-corrected chi connectivity index (χ2v) is 5.86. The van der Waals surface area contributed by atoms with Crippen LogP contribution in [0.1, 0.15) is 32.0 Å². The van der Waals surface area contributed by atoms with Crippen LogP contribution in [0.4, 0.5) is 0 Å². The van der Waals surface area contributed by atoms with Gasteiger partial charge >= 0.3 is 0 Å². The van der Waals surface area contributed by atoms with Gasteiger partial charge in [-0.1, -0.05) is 38.1 Å². The van der Waals surface area contributed by atoms with Gasteiger partial charge in [-0.25, -0.2) is 9.66 Å². The van der Waals surface area contributed by atoms with Gasteiger partial charge in [0.05, 0.1) is 23.0 Å². The van der Waals surface area contributed by atoms with Crippen molar-refractivity contribution < 1.29 is 0 Å². The van der Waals surface area contributed by atoms with E-state index in [1.54, 1.807) is 0 Å². The van der Waals surface area contributed by atoms with Crippen molar-refractivity contribution >= 4 is 10.9 Å². The molecule has 20 heavy (non-hydrogen) atoms. The number of nitrogens with zero attached hydrogens (tertiary/aromatic N) is 3. The first-order valence-electron chi connectivity index (χ1n) is 7.15. The van der Waals surface area contributed by atoms with Gasteiger partial charge in [0.25, 0.3) is 5.56 Å². The lowest BCUT2D eigenvalue weighted by Gasteiger charge is -2.18. The minimum atomic E-state index is 0.0575. The van der Waals surface area contributed by atoms with Gasteiger partial charge in [-0.2, -0.15) is 0 Å². The lowest BCUT2D eigenvalue weighted by molar-refractivity contribution is 0.628. The lowest BCUT2D eigenvalue weighted by Crippen LogP contribution is -2.35. The summed E-state index contributed by atoms with van der Waals surface area (Å²) >= 11 is 0. The van der Waals surface area contributed by atoms with Crippen molar-refractivity contribution in [1.82, 2.24) is 9.66 Å². The zero-order valence-electron chi connectivity index (χ0n) is 11.7. The average Bonchev–Trinajstić information content (AvgIpc) is 2.90. The van der Waals surface area contributed by atoms with E-state index in [2.05, 4.69) is 31.0 Å². The molecule has 1 aromatic carbocycles. The van der Waals surface area contributed by atoms with Crippen molar-refractivity contribution in [2.45, 2.75) is 38.3 Å². The number of rotatable bonds is 2. The van der Waals surface area contributed by atoms with Crippen LogP contribution in [0.2, 0.25) is 0 Å². The predicted molar refractivity (Wildman–Crippen MR) is 79.6 cm³/mol. The van der Waals surface area contributed by atoms with Crippen molar-refractivity contribution in [3.05, 3.63) is 52.6 Å². The zero-order valence-corrected chi connectivity index (χ0v) is 11.7. The smallest absolute Gasteiger partial charge is 0.280 e. The van der Waals surface area contributed by atoms with E-state index in [1.165, 1.54) is 0 Å². The third-order valence-corrected chi connectivity index (χ3v) is 4.19. The molecular formula is C16H17N3O. The summed E-state index contributed by atoms with van der Waals surface area (Å²) in [6.07, 6.45) is 5.41. The second-order valence-electron chi connectivity index (χ2n) is 5.86. The van der Waals surface area contributed by atoms with Gasteiger partial charge in [0.15, 0.2) is 0 Å². The summed E-state index contributed by atoms with van der Waals surface area (Å²) < 4.78 is 1.81. The van der Waals surface area contributed by atoms with Crippen LogP contribution >= 0.6 is 0 Å². The fourth-order valence-corrected chi connectivity index (χ4v) is 3.13. The molecule has 0 spiro atoms.